The molecular weight excluding hydrogens is 454 g/mol. The van der Waals surface area contributed by atoms with E-state index in [0.29, 0.717) is 44.3 Å². The lowest BCUT2D eigenvalue weighted by molar-refractivity contribution is -0.134. The number of aromatic nitrogens is 1. The lowest BCUT2D eigenvalue weighted by atomic mass is 9.95. The average Bonchev–Trinajstić information content (AvgIpc) is 3.64. The summed E-state index contributed by atoms with van der Waals surface area (Å²) < 4.78 is 28.4. The number of nitrogens with zero attached hydrogens (tertiary/aromatic N) is 3. The summed E-state index contributed by atoms with van der Waals surface area (Å²) in [4.78, 5) is 21.7. The highest BCUT2D eigenvalue weighted by Crippen LogP contribution is 2.47. The van der Waals surface area contributed by atoms with Crippen molar-refractivity contribution >= 4 is 27.4 Å². The van der Waals surface area contributed by atoms with Crippen molar-refractivity contribution in [3.05, 3.63) is 35.5 Å². The molecule has 9 nitrogen and oxygen atoms in total. The van der Waals surface area contributed by atoms with Gasteiger partial charge >= 0.3 is 0 Å². The monoisotopic (exact) mass is 487 g/mol. The van der Waals surface area contributed by atoms with Crippen molar-refractivity contribution in [2.45, 2.75) is 50.0 Å². The van der Waals surface area contributed by atoms with Gasteiger partial charge in [-0.2, -0.15) is 0 Å². The van der Waals surface area contributed by atoms with Crippen LogP contribution in [0, 0.1) is 6.92 Å². The smallest absolute Gasteiger partial charge is 0.238 e. The number of amides is 1. The van der Waals surface area contributed by atoms with Crippen LogP contribution in [-0.4, -0.2) is 63.6 Å². The molecule has 1 aromatic heterocycles. The van der Waals surface area contributed by atoms with Gasteiger partial charge in [-0.15, -0.1) is 0 Å². The zero-order valence-corrected chi connectivity index (χ0v) is 20.8. The number of benzene rings is 1. The van der Waals surface area contributed by atoms with Gasteiger partial charge < -0.3 is 20.3 Å². The van der Waals surface area contributed by atoms with Crippen LogP contribution in [-0.2, 0) is 19.6 Å². The van der Waals surface area contributed by atoms with Crippen molar-refractivity contribution in [3.63, 3.8) is 0 Å². The molecule has 1 aromatic carbocycles. The number of carbonyl (C=O) groups is 1. The van der Waals surface area contributed by atoms with E-state index in [9.17, 15) is 13.2 Å². The van der Waals surface area contributed by atoms with E-state index in [0.717, 1.165) is 41.0 Å². The zero-order chi connectivity index (χ0) is 24.6. The second-order valence-electron chi connectivity index (χ2n) is 9.20. The minimum Gasteiger partial charge on any atom is -0.396 e. The second-order valence-corrected chi connectivity index (χ2v) is 10.8. The Morgan fingerprint density at radius 3 is 2.44 bits per heavy atom. The minimum atomic E-state index is -3.76. The zero-order valence-electron chi connectivity index (χ0n) is 20.0. The Bertz CT molecular complexity index is 1180. The fourth-order valence-corrected chi connectivity index (χ4v) is 5.16. The van der Waals surface area contributed by atoms with Crippen LogP contribution in [0.5, 0.6) is 0 Å². The number of rotatable bonds is 7. The van der Waals surface area contributed by atoms with E-state index in [-0.39, 0.29) is 16.8 Å². The predicted octanol–water partition coefficient (Wildman–Crippen LogP) is 2.24. The molecule has 2 aliphatic rings. The van der Waals surface area contributed by atoms with E-state index < -0.39 is 10.0 Å². The van der Waals surface area contributed by atoms with E-state index in [4.69, 9.17) is 20.6 Å². The van der Waals surface area contributed by atoms with Crippen molar-refractivity contribution in [3.8, 4) is 11.1 Å². The van der Waals surface area contributed by atoms with Gasteiger partial charge in [0.2, 0.25) is 15.9 Å². The number of hydrogen-bond acceptors (Lipinski definition) is 7. The largest absolute Gasteiger partial charge is 0.396 e. The molecule has 1 saturated carbocycles. The Labute approximate surface area is 201 Å². The third kappa shape index (κ3) is 4.89. The topological polar surface area (TPSA) is 132 Å². The number of piperazine rings is 1. The van der Waals surface area contributed by atoms with Crippen LogP contribution in [0.3, 0.4) is 0 Å². The molecule has 2 aromatic rings. The Hall–Kier alpha value is -2.69. The van der Waals surface area contributed by atoms with Gasteiger partial charge in [-0.25, -0.2) is 18.5 Å². The van der Waals surface area contributed by atoms with Gasteiger partial charge in [0.1, 0.15) is 0 Å². The molecule has 184 valence electrons. The van der Waals surface area contributed by atoms with Gasteiger partial charge in [0, 0.05) is 44.3 Å². The molecule has 2 fully saturated rings. The van der Waals surface area contributed by atoms with Crippen molar-refractivity contribution in [2.24, 2.45) is 5.14 Å². The number of pyridine rings is 1. The van der Waals surface area contributed by atoms with Gasteiger partial charge in [0.25, 0.3) is 0 Å². The van der Waals surface area contributed by atoms with Gasteiger partial charge in [-0.1, -0.05) is 12.1 Å². The van der Waals surface area contributed by atoms with Gasteiger partial charge in [0.05, 0.1) is 29.3 Å². The molecule has 1 atom stereocenters. The maximum absolute atomic E-state index is 12.5. The summed E-state index contributed by atoms with van der Waals surface area (Å²) in [5, 5.41) is 5.26. The molecular formula is C24H33N5O4S. The van der Waals surface area contributed by atoms with Crippen LogP contribution >= 0.6 is 0 Å². The first-order valence-electron chi connectivity index (χ1n) is 11.6. The van der Waals surface area contributed by atoms with E-state index >= 15 is 0 Å². The SMILES string of the molecule is COCCC(=O)N1CCN(c2nc(C3CC3)c(-c3ccc(S(N)(=O)=O)cc3)c(C)c2N)C[C@H]1C. The summed E-state index contributed by atoms with van der Waals surface area (Å²) in [5.74, 6) is 1.23. The Morgan fingerprint density at radius 1 is 1.21 bits per heavy atom. The summed E-state index contributed by atoms with van der Waals surface area (Å²) in [6.07, 6.45) is 2.51. The van der Waals surface area contributed by atoms with E-state index in [1.165, 1.54) is 12.1 Å². The van der Waals surface area contributed by atoms with Crippen molar-refractivity contribution < 1.29 is 17.9 Å². The number of ether oxygens (including phenoxy) is 1. The molecule has 4 rings (SSSR count). The summed E-state index contributed by atoms with van der Waals surface area (Å²) in [6.45, 7) is 6.38. The number of methoxy groups -OCH3 is 1. The number of primary sulfonamides is 1. The number of carbonyl (C=O) groups excluding carboxylic acids is 1. The Morgan fingerprint density at radius 2 is 1.88 bits per heavy atom. The molecule has 1 aliphatic carbocycles. The Balaban J connectivity index is 1.65. The molecule has 2 heterocycles. The fraction of sp³-hybridized carbons (Fsp3) is 0.500. The normalized spacial score (nSPS) is 18.9. The van der Waals surface area contributed by atoms with Gasteiger partial charge in [0.15, 0.2) is 5.82 Å². The number of hydrogen-bond donors (Lipinski definition) is 2. The maximum atomic E-state index is 12.5. The number of nitrogen functional groups attached to an aromatic ring is 1. The molecule has 1 aliphatic heterocycles. The third-order valence-corrected chi connectivity index (χ3v) is 7.63. The fourth-order valence-electron chi connectivity index (χ4n) is 4.65. The highest BCUT2D eigenvalue weighted by Gasteiger charge is 2.34. The standard InChI is InChI=1S/C24H33N5O4S/c1-15-14-28(11-12-29(15)20(30)10-13-33-3)24-22(25)16(2)21(23(27-24)18-4-5-18)17-6-8-19(9-7-17)34(26,31)32/h6-9,15,18H,4-5,10-14,25H2,1-3H3,(H2,26,31,32)/t15-/m1/s1. The predicted molar refractivity (Wildman–Crippen MR) is 132 cm³/mol. The van der Waals surface area contributed by atoms with Crippen molar-refractivity contribution in [2.75, 3.05) is 44.0 Å². The Kier molecular flexibility index (Phi) is 6.84. The highest BCUT2D eigenvalue weighted by atomic mass is 32.2. The molecule has 1 saturated heterocycles. The third-order valence-electron chi connectivity index (χ3n) is 6.71. The van der Waals surface area contributed by atoms with E-state index in [1.54, 1.807) is 19.2 Å². The van der Waals surface area contributed by atoms with Gasteiger partial charge in [-0.05, 0) is 49.9 Å². The summed E-state index contributed by atoms with van der Waals surface area (Å²) in [7, 11) is -2.16. The molecule has 10 heteroatoms. The molecule has 0 bridgehead atoms. The first kappa shape index (κ1) is 24.4. The first-order chi connectivity index (χ1) is 16.1. The number of anilines is 2. The second kappa shape index (κ2) is 9.52. The maximum Gasteiger partial charge on any atom is 0.238 e. The summed E-state index contributed by atoms with van der Waals surface area (Å²) >= 11 is 0. The molecule has 34 heavy (non-hydrogen) atoms. The summed E-state index contributed by atoms with van der Waals surface area (Å²) in [6, 6.07) is 6.61. The lowest BCUT2D eigenvalue weighted by Gasteiger charge is -2.41. The number of sulfonamides is 1. The highest BCUT2D eigenvalue weighted by molar-refractivity contribution is 7.89. The quantitative estimate of drug-likeness (QED) is 0.612. The van der Waals surface area contributed by atoms with Crippen LogP contribution in [0.1, 0.15) is 43.4 Å². The van der Waals surface area contributed by atoms with Crippen molar-refractivity contribution in [1.82, 2.24) is 9.88 Å². The summed E-state index contributed by atoms with van der Waals surface area (Å²) in [5.41, 5.74) is 11.0. The molecule has 4 N–H and O–H groups in total. The molecule has 0 radical (unpaired) electrons. The average molecular weight is 488 g/mol. The van der Waals surface area contributed by atoms with Crippen LogP contribution < -0.4 is 15.8 Å². The lowest BCUT2D eigenvalue weighted by Crippen LogP contribution is -2.54. The van der Waals surface area contributed by atoms with Gasteiger partial charge in [-0.3, -0.25) is 4.79 Å². The van der Waals surface area contributed by atoms with E-state index in [1.807, 2.05) is 18.7 Å². The first-order valence-corrected chi connectivity index (χ1v) is 13.1. The van der Waals surface area contributed by atoms with Crippen LogP contribution in [0.4, 0.5) is 11.5 Å². The minimum absolute atomic E-state index is 0.0365. The van der Waals surface area contributed by atoms with Crippen LogP contribution in [0.2, 0.25) is 0 Å². The van der Waals surface area contributed by atoms with E-state index in [2.05, 4.69) is 4.90 Å². The van der Waals surface area contributed by atoms with Crippen molar-refractivity contribution in [1.29, 1.82) is 0 Å². The molecule has 0 spiro atoms. The molecule has 1 amide bonds. The van der Waals surface area contributed by atoms with Crippen LogP contribution in [0.25, 0.3) is 11.1 Å². The number of nitrogens with two attached hydrogens (primary N) is 2. The molecule has 0 unspecified atom stereocenters. The van der Waals surface area contributed by atoms with Crippen LogP contribution in [0.15, 0.2) is 29.2 Å².